The van der Waals surface area contributed by atoms with Gasteiger partial charge in [-0.1, -0.05) is 24.3 Å². The summed E-state index contributed by atoms with van der Waals surface area (Å²) in [6, 6.07) is 11.5. The van der Waals surface area contributed by atoms with Gasteiger partial charge in [-0.2, -0.15) is 0 Å². The number of aliphatic hydroxyl groups is 1. The van der Waals surface area contributed by atoms with Crippen molar-refractivity contribution in [3.8, 4) is 17.2 Å². The third kappa shape index (κ3) is 5.97. The molecule has 0 bridgehead atoms. The minimum atomic E-state index is -0.688. The standard InChI is InChI=1S/C24H27N3O7/c1-31-17-5-2-15(3-6-17)12-25-23(29)11-18-7-8-19(22(13-28)34-18)27-24(30)26-16-4-9-20-21(10-16)33-14-32-20/h2-10,18-19,22,28H,11-14H2,1H3,(H,25,29)(H2,26,27,30)/t18-,19-,22-/m0/s1. The molecule has 0 spiro atoms. The predicted molar refractivity (Wildman–Crippen MR) is 123 cm³/mol. The monoisotopic (exact) mass is 469 g/mol. The van der Waals surface area contributed by atoms with Crippen LogP contribution in [0.1, 0.15) is 12.0 Å². The fourth-order valence-electron chi connectivity index (χ4n) is 3.63. The molecular formula is C24H27N3O7. The van der Waals surface area contributed by atoms with Gasteiger partial charge in [0.05, 0.1) is 32.3 Å². The van der Waals surface area contributed by atoms with E-state index in [2.05, 4.69) is 16.0 Å². The van der Waals surface area contributed by atoms with E-state index in [4.69, 9.17) is 18.9 Å². The van der Waals surface area contributed by atoms with Crippen LogP contribution in [-0.4, -0.2) is 55.8 Å². The normalized spacial score (nSPS) is 20.5. The SMILES string of the molecule is COc1ccc(CNC(=O)C[C@@H]2C=C[C@H](NC(=O)Nc3ccc4c(c3)OCO4)[C@H](CO)O2)cc1. The molecule has 0 aliphatic carbocycles. The van der Waals surface area contributed by atoms with Crippen molar-refractivity contribution in [1.82, 2.24) is 10.6 Å². The van der Waals surface area contributed by atoms with Gasteiger partial charge in [0.1, 0.15) is 11.9 Å². The van der Waals surface area contributed by atoms with Crippen molar-refractivity contribution < 1.29 is 33.6 Å². The minimum Gasteiger partial charge on any atom is -0.497 e. The Morgan fingerprint density at radius 3 is 2.65 bits per heavy atom. The van der Waals surface area contributed by atoms with Gasteiger partial charge in [-0.05, 0) is 29.8 Å². The quantitative estimate of drug-likeness (QED) is 0.435. The van der Waals surface area contributed by atoms with Gasteiger partial charge < -0.3 is 40.0 Å². The van der Waals surface area contributed by atoms with Gasteiger partial charge in [0, 0.05) is 18.3 Å². The summed E-state index contributed by atoms with van der Waals surface area (Å²) in [5, 5.41) is 18.1. The van der Waals surface area contributed by atoms with Crippen LogP contribution in [0.25, 0.3) is 0 Å². The van der Waals surface area contributed by atoms with E-state index in [1.807, 2.05) is 24.3 Å². The summed E-state index contributed by atoms with van der Waals surface area (Å²) >= 11 is 0. The molecule has 10 nitrogen and oxygen atoms in total. The Bertz CT molecular complexity index is 1040. The zero-order chi connectivity index (χ0) is 23.9. The lowest BCUT2D eigenvalue weighted by Gasteiger charge is -2.31. The molecule has 10 heteroatoms. The average Bonchev–Trinajstić information content (AvgIpc) is 3.32. The molecule has 2 heterocycles. The molecule has 0 unspecified atom stereocenters. The molecule has 2 aromatic rings. The van der Waals surface area contributed by atoms with Crippen molar-refractivity contribution >= 4 is 17.6 Å². The molecule has 0 fully saturated rings. The lowest BCUT2D eigenvalue weighted by molar-refractivity contribution is -0.125. The van der Waals surface area contributed by atoms with E-state index in [9.17, 15) is 14.7 Å². The summed E-state index contributed by atoms with van der Waals surface area (Å²) in [7, 11) is 1.60. The summed E-state index contributed by atoms with van der Waals surface area (Å²) < 4.78 is 21.5. The van der Waals surface area contributed by atoms with E-state index in [0.29, 0.717) is 23.7 Å². The van der Waals surface area contributed by atoms with Crippen LogP contribution in [0.3, 0.4) is 0 Å². The lowest BCUT2D eigenvalue weighted by atomic mass is 10.0. The van der Waals surface area contributed by atoms with Crippen molar-refractivity contribution in [2.45, 2.75) is 31.2 Å². The molecule has 180 valence electrons. The van der Waals surface area contributed by atoms with Crippen LogP contribution < -0.4 is 30.2 Å². The third-order valence-corrected chi connectivity index (χ3v) is 5.43. The number of urea groups is 1. The number of hydrogen-bond donors (Lipinski definition) is 4. The first kappa shape index (κ1) is 23.4. The maximum atomic E-state index is 12.4. The molecule has 2 aliphatic heterocycles. The predicted octanol–water partition coefficient (Wildman–Crippen LogP) is 1.94. The van der Waals surface area contributed by atoms with Crippen LogP contribution in [0.15, 0.2) is 54.6 Å². The molecule has 2 aliphatic rings. The molecule has 3 amide bonds. The topological polar surface area (TPSA) is 127 Å². The summed E-state index contributed by atoms with van der Waals surface area (Å²) in [5.74, 6) is 1.74. The summed E-state index contributed by atoms with van der Waals surface area (Å²) in [6.45, 7) is 0.213. The molecule has 0 saturated heterocycles. The van der Waals surface area contributed by atoms with E-state index in [-0.39, 0.29) is 25.7 Å². The molecule has 0 aromatic heterocycles. The number of nitrogens with one attached hydrogen (secondary N) is 3. The Morgan fingerprint density at radius 1 is 1.09 bits per heavy atom. The third-order valence-electron chi connectivity index (χ3n) is 5.43. The van der Waals surface area contributed by atoms with Crippen molar-refractivity contribution in [3.05, 3.63) is 60.2 Å². The fraction of sp³-hybridized carbons (Fsp3) is 0.333. The van der Waals surface area contributed by atoms with Gasteiger partial charge in [0.25, 0.3) is 0 Å². The van der Waals surface area contributed by atoms with Gasteiger partial charge in [-0.25, -0.2) is 4.79 Å². The number of rotatable bonds is 8. The number of methoxy groups -OCH3 is 1. The Hall–Kier alpha value is -3.76. The average molecular weight is 469 g/mol. The van der Waals surface area contributed by atoms with Gasteiger partial charge in [0.2, 0.25) is 12.7 Å². The van der Waals surface area contributed by atoms with Crippen molar-refractivity contribution in [1.29, 1.82) is 0 Å². The largest absolute Gasteiger partial charge is 0.497 e. The second-order valence-corrected chi connectivity index (χ2v) is 7.80. The molecule has 3 atom stereocenters. The number of hydrogen-bond acceptors (Lipinski definition) is 7. The molecule has 4 N–H and O–H groups in total. The summed E-state index contributed by atoms with van der Waals surface area (Å²) in [6.07, 6.45) is 2.34. The van der Waals surface area contributed by atoms with Crippen LogP contribution >= 0.6 is 0 Å². The summed E-state index contributed by atoms with van der Waals surface area (Å²) in [4.78, 5) is 24.8. The number of benzene rings is 2. The van der Waals surface area contributed by atoms with Crippen molar-refractivity contribution in [2.24, 2.45) is 0 Å². The first-order valence-corrected chi connectivity index (χ1v) is 10.9. The minimum absolute atomic E-state index is 0.0965. The number of aliphatic hydroxyl groups excluding tert-OH is 1. The van der Waals surface area contributed by atoms with Gasteiger partial charge in [0.15, 0.2) is 11.5 Å². The van der Waals surface area contributed by atoms with E-state index in [0.717, 1.165) is 11.3 Å². The highest BCUT2D eigenvalue weighted by molar-refractivity contribution is 5.90. The Morgan fingerprint density at radius 2 is 1.88 bits per heavy atom. The highest BCUT2D eigenvalue weighted by Crippen LogP contribution is 2.34. The van der Waals surface area contributed by atoms with Crippen molar-refractivity contribution in [3.63, 3.8) is 0 Å². The first-order chi connectivity index (χ1) is 16.5. The number of amides is 3. The van der Waals surface area contributed by atoms with E-state index >= 15 is 0 Å². The Kier molecular flexibility index (Phi) is 7.51. The zero-order valence-electron chi connectivity index (χ0n) is 18.7. The molecule has 0 saturated carbocycles. The maximum Gasteiger partial charge on any atom is 0.319 e. The summed E-state index contributed by atoms with van der Waals surface area (Å²) in [5.41, 5.74) is 1.48. The lowest BCUT2D eigenvalue weighted by Crippen LogP contribution is -2.50. The van der Waals surface area contributed by atoms with Gasteiger partial charge >= 0.3 is 6.03 Å². The van der Waals surface area contributed by atoms with Crippen LogP contribution in [0.2, 0.25) is 0 Å². The smallest absolute Gasteiger partial charge is 0.319 e. The number of carbonyl (C=O) groups is 2. The van der Waals surface area contributed by atoms with Crippen LogP contribution in [0.5, 0.6) is 17.2 Å². The van der Waals surface area contributed by atoms with E-state index < -0.39 is 24.3 Å². The number of fused-ring (bicyclic) bond motifs is 1. The molecule has 0 radical (unpaired) electrons. The second kappa shape index (κ2) is 10.9. The van der Waals surface area contributed by atoms with E-state index in [1.165, 1.54) is 0 Å². The molecule has 4 rings (SSSR count). The van der Waals surface area contributed by atoms with Crippen LogP contribution in [0.4, 0.5) is 10.5 Å². The highest BCUT2D eigenvalue weighted by Gasteiger charge is 2.29. The number of anilines is 1. The molecule has 2 aromatic carbocycles. The van der Waals surface area contributed by atoms with Gasteiger partial charge in [-0.15, -0.1) is 0 Å². The Labute approximate surface area is 196 Å². The fourth-order valence-corrected chi connectivity index (χ4v) is 3.63. The number of ether oxygens (including phenoxy) is 4. The zero-order valence-corrected chi connectivity index (χ0v) is 18.7. The highest BCUT2D eigenvalue weighted by atomic mass is 16.7. The Balaban J connectivity index is 1.25. The second-order valence-electron chi connectivity index (χ2n) is 7.80. The number of carbonyl (C=O) groups excluding carboxylic acids is 2. The maximum absolute atomic E-state index is 12.4. The van der Waals surface area contributed by atoms with Crippen LogP contribution in [-0.2, 0) is 16.1 Å². The first-order valence-electron chi connectivity index (χ1n) is 10.9. The molecule has 34 heavy (non-hydrogen) atoms. The molecular weight excluding hydrogens is 442 g/mol. The van der Waals surface area contributed by atoms with Crippen LogP contribution in [0, 0.1) is 0 Å². The van der Waals surface area contributed by atoms with Crippen molar-refractivity contribution in [2.75, 3.05) is 25.8 Å². The van der Waals surface area contributed by atoms with Gasteiger partial charge in [-0.3, -0.25) is 4.79 Å². The van der Waals surface area contributed by atoms with E-state index in [1.54, 1.807) is 37.5 Å².